The van der Waals surface area contributed by atoms with E-state index < -0.39 is 0 Å². The third-order valence-electron chi connectivity index (χ3n) is 2.74. The Bertz CT molecular complexity index is 181. The Morgan fingerprint density at radius 2 is 2.33 bits per heavy atom. The fourth-order valence-corrected chi connectivity index (χ4v) is 2.04. The number of carbonyl (C=O) groups excluding carboxylic acids is 1. The van der Waals surface area contributed by atoms with Crippen LogP contribution in [-0.2, 0) is 4.79 Å². The van der Waals surface area contributed by atoms with Crippen molar-refractivity contribution in [1.82, 2.24) is 4.90 Å². The molecule has 1 fully saturated rings. The lowest BCUT2D eigenvalue weighted by Crippen LogP contribution is -2.33. The van der Waals surface area contributed by atoms with Gasteiger partial charge < -0.3 is 10.6 Å². The lowest BCUT2D eigenvalue weighted by molar-refractivity contribution is -0.126. The van der Waals surface area contributed by atoms with E-state index in [9.17, 15) is 4.79 Å². The van der Waals surface area contributed by atoms with E-state index in [1.54, 1.807) is 4.90 Å². The van der Waals surface area contributed by atoms with Gasteiger partial charge in [-0.1, -0.05) is 13.3 Å². The normalized spacial score (nSPS) is 29.9. The number of likely N-dealkylation sites (tertiary alicyclic amines) is 1. The first-order chi connectivity index (χ1) is 5.63. The molecule has 0 aliphatic carbocycles. The largest absolute Gasteiger partial charge is 0.345 e. The van der Waals surface area contributed by atoms with Crippen molar-refractivity contribution in [3.8, 4) is 0 Å². The fourth-order valence-electron chi connectivity index (χ4n) is 2.04. The van der Waals surface area contributed by atoms with Gasteiger partial charge in [0.15, 0.2) is 0 Å². The van der Waals surface area contributed by atoms with Gasteiger partial charge in [0, 0.05) is 32.0 Å². The molecule has 12 heavy (non-hydrogen) atoms. The van der Waals surface area contributed by atoms with E-state index in [0.717, 1.165) is 19.4 Å². The summed E-state index contributed by atoms with van der Waals surface area (Å²) in [5.74, 6) is 0.244. The van der Waals surface area contributed by atoms with Gasteiger partial charge in [0.05, 0.1) is 0 Å². The maximum absolute atomic E-state index is 11.3. The zero-order chi connectivity index (χ0) is 9.19. The summed E-state index contributed by atoms with van der Waals surface area (Å²) in [6.07, 6.45) is 2.83. The van der Waals surface area contributed by atoms with Crippen molar-refractivity contribution >= 4 is 5.91 Å². The van der Waals surface area contributed by atoms with Gasteiger partial charge >= 0.3 is 0 Å². The van der Waals surface area contributed by atoms with Crippen molar-refractivity contribution in [3.63, 3.8) is 0 Å². The summed E-state index contributed by atoms with van der Waals surface area (Å²) in [7, 11) is 1.86. The van der Waals surface area contributed by atoms with Crippen molar-refractivity contribution in [2.75, 3.05) is 20.1 Å². The number of carbonyl (C=O) groups is 1. The molecule has 3 nitrogen and oxygen atoms in total. The van der Waals surface area contributed by atoms with Crippen LogP contribution in [0.3, 0.4) is 0 Å². The van der Waals surface area contributed by atoms with Gasteiger partial charge in [-0.05, 0) is 6.42 Å². The van der Waals surface area contributed by atoms with Crippen molar-refractivity contribution in [2.24, 2.45) is 11.1 Å². The molecule has 1 saturated heterocycles. The van der Waals surface area contributed by atoms with Gasteiger partial charge in [-0.25, -0.2) is 0 Å². The SMILES string of the molecule is CCCC1(CN)CC(=O)N(C)C1. The molecular weight excluding hydrogens is 152 g/mol. The monoisotopic (exact) mass is 170 g/mol. The molecule has 0 spiro atoms. The number of amides is 1. The van der Waals surface area contributed by atoms with Gasteiger partial charge in [-0.2, -0.15) is 0 Å². The summed E-state index contributed by atoms with van der Waals surface area (Å²) in [5, 5.41) is 0. The molecular formula is C9H18N2O. The van der Waals surface area contributed by atoms with Gasteiger partial charge in [-0.15, -0.1) is 0 Å². The minimum atomic E-state index is 0.0839. The van der Waals surface area contributed by atoms with Crippen molar-refractivity contribution in [2.45, 2.75) is 26.2 Å². The predicted octanol–water partition coefficient (Wildman–Crippen LogP) is 0.594. The van der Waals surface area contributed by atoms with Crippen LogP contribution in [0.25, 0.3) is 0 Å². The molecule has 1 amide bonds. The first-order valence-electron chi connectivity index (χ1n) is 4.57. The van der Waals surface area contributed by atoms with Crippen LogP contribution in [0.1, 0.15) is 26.2 Å². The third-order valence-corrected chi connectivity index (χ3v) is 2.74. The van der Waals surface area contributed by atoms with Crippen LogP contribution in [0.2, 0.25) is 0 Å². The van der Waals surface area contributed by atoms with Gasteiger partial charge in [-0.3, -0.25) is 4.79 Å². The topological polar surface area (TPSA) is 46.3 Å². The van der Waals surface area contributed by atoms with Gasteiger partial charge in [0.2, 0.25) is 5.91 Å². The van der Waals surface area contributed by atoms with Crippen LogP contribution in [0.4, 0.5) is 0 Å². The van der Waals surface area contributed by atoms with Crippen LogP contribution in [-0.4, -0.2) is 30.9 Å². The average Bonchev–Trinajstić information content (AvgIpc) is 2.30. The van der Waals surface area contributed by atoms with E-state index in [2.05, 4.69) is 6.92 Å². The zero-order valence-corrected chi connectivity index (χ0v) is 7.97. The fraction of sp³-hybridized carbons (Fsp3) is 0.889. The van der Waals surface area contributed by atoms with Crippen molar-refractivity contribution < 1.29 is 4.79 Å². The Kier molecular flexibility index (Phi) is 2.73. The molecule has 1 heterocycles. The van der Waals surface area contributed by atoms with E-state index in [-0.39, 0.29) is 11.3 Å². The molecule has 0 bridgehead atoms. The highest BCUT2D eigenvalue weighted by Gasteiger charge is 2.39. The Labute approximate surface area is 73.9 Å². The van der Waals surface area contributed by atoms with Gasteiger partial charge in [0.1, 0.15) is 0 Å². The second-order valence-electron chi connectivity index (χ2n) is 3.88. The highest BCUT2D eigenvalue weighted by atomic mass is 16.2. The number of hydrogen-bond acceptors (Lipinski definition) is 2. The second-order valence-corrected chi connectivity index (χ2v) is 3.88. The van der Waals surface area contributed by atoms with Crippen LogP contribution >= 0.6 is 0 Å². The lowest BCUT2D eigenvalue weighted by Gasteiger charge is -2.25. The predicted molar refractivity (Wildman–Crippen MR) is 48.6 cm³/mol. The number of rotatable bonds is 3. The van der Waals surface area contributed by atoms with E-state index >= 15 is 0 Å². The van der Waals surface area contributed by atoms with E-state index in [4.69, 9.17) is 5.73 Å². The number of hydrogen-bond donors (Lipinski definition) is 1. The quantitative estimate of drug-likeness (QED) is 0.674. The summed E-state index contributed by atoms with van der Waals surface area (Å²) < 4.78 is 0. The highest BCUT2D eigenvalue weighted by molar-refractivity contribution is 5.79. The molecule has 0 aromatic carbocycles. The van der Waals surface area contributed by atoms with Crippen molar-refractivity contribution in [1.29, 1.82) is 0 Å². The molecule has 1 aliphatic rings. The highest BCUT2D eigenvalue weighted by Crippen LogP contribution is 2.33. The molecule has 1 atom stereocenters. The number of nitrogens with two attached hydrogens (primary N) is 1. The average molecular weight is 170 g/mol. The summed E-state index contributed by atoms with van der Waals surface area (Å²) in [5.41, 5.74) is 5.78. The molecule has 1 rings (SSSR count). The van der Waals surface area contributed by atoms with Gasteiger partial charge in [0.25, 0.3) is 0 Å². The van der Waals surface area contributed by atoms with E-state index in [1.165, 1.54) is 0 Å². The van der Waals surface area contributed by atoms with Crippen LogP contribution in [0, 0.1) is 5.41 Å². The maximum atomic E-state index is 11.3. The molecule has 0 aromatic rings. The molecule has 70 valence electrons. The zero-order valence-electron chi connectivity index (χ0n) is 7.97. The molecule has 1 aliphatic heterocycles. The first-order valence-corrected chi connectivity index (χ1v) is 4.57. The van der Waals surface area contributed by atoms with Crippen molar-refractivity contribution in [3.05, 3.63) is 0 Å². The summed E-state index contributed by atoms with van der Waals surface area (Å²) >= 11 is 0. The summed E-state index contributed by atoms with van der Waals surface area (Å²) in [6, 6.07) is 0. The molecule has 0 radical (unpaired) electrons. The Balaban J connectivity index is 2.64. The molecule has 2 N–H and O–H groups in total. The van der Waals surface area contributed by atoms with Crippen LogP contribution in [0.5, 0.6) is 0 Å². The first kappa shape index (κ1) is 9.52. The summed E-state index contributed by atoms with van der Waals surface area (Å²) in [4.78, 5) is 13.1. The Morgan fingerprint density at radius 3 is 2.67 bits per heavy atom. The molecule has 1 unspecified atom stereocenters. The molecule has 0 saturated carbocycles. The van der Waals surface area contributed by atoms with Crippen LogP contribution < -0.4 is 5.73 Å². The minimum Gasteiger partial charge on any atom is -0.345 e. The van der Waals surface area contributed by atoms with E-state index in [0.29, 0.717) is 13.0 Å². The van der Waals surface area contributed by atoms with E-state index in [1.807, 2.05) is 7.05 Å². The lowest BCUT2D eigenvalue weighted by atomic mass is 9.82. The Morgan fingerprint density at radius 1 is 1.67 bits per heavy atom. The third kappa shape index (κ3) is 1.61. The Hall–Kier alpha value is -0.570. The van der Waals surface area contributed by atoms with Crippen LogP contribution in [0.15, 0.2) is 0 Å². The maximum Gasteiger partial charge on any atom is 0.223 e. The second kappa shape index (κ2) is 3.44. The summed E-state index contributed by atoms with van der Waals surface area (Å²) in [6.45, 7) is 3.62. The molecule has 3 heteroatoms. The minimum absolute atomic E-state index is 0.0839. The standard InChI is InChI=1S/C9H18N2O/c1-3-4-9(6-10)5-8(12)11(2)7-9/h3-7,10H2,1-2H3. The number of nitrogens with zero attached hydrogens (tertiary/aromatic N) is 1. The molecule has 0 aromatic heterocycles. The smallest absolute Gasteiger partial charge is 0.223 e.